The molecule has 2 aromatic rings. The summed E-state index contributed by atoms with van der Waals surface area (Å²) in [7, 11) is 0. The van der Waals surface area contributed by atoms with Crippen LogP contribution in [0.5, 0.6) is 0 Å². The van der Waals surface area contributed by atoms with Gasteiger partial charge in [-0.15, -0.1) is 11.3 Å². The van der Waals surface area contributed by atoms with Crippen LogP contribution < -0.4 is 5.73 Å². The molecule has 0 saturated heterocycles. The van der Waals surface area contributed by atoms with E-state index < -0.39 is 0 Å². The Kier molecular flexibility index (Phi) is 4.08. The molecule has 108 valence electrons. The fourth-order valence-corrected chi connectivity index (χ4v) is 4.53. The van der Waals surface area contributed by atoms with E-state index in [4.69, 9.17) is 5.73 Å². The van der Waals surface area contributed by atoms with E-state index in [1.807, 2.05) is 6.07 Å². The van der Waals surface area contributed by atoms with Crippen LogP contribution in [-0.2, 0) is 0 Å². The Morgan fingerprint density at radius 2 is 2.00 bits per heavy atom. The molecule has 1 aromatic heterocycles. The van der Waals surface area contributed by atoms with E-state index in [9.17, 15) is 4.39 Å². The van der Waals surface area contributed by atoms with Gasteiger partial charge in [-0.2, -0.15) is 0 Å². The zero-order valence-electron chi connectivity index (χ0n) is 11.9. The van der Waals surface area contributed by atoms with E-state index in [1.165, 1.54) is 43.0 Å². The van der Waals surface area contributed by atoms with Gasteiger partial charge in [0, 0.05) is 15.6 Å². The Balaban J connectivity index is 1.77. The smallest absolute Gasteiger partial charge is 0.123 e. The summed E-state index contributed by atoms with van der Waals surface area (Å²) < 4.78 is 14.4. The number of nitrogens with two attached hydrogens (primary N) is 1. The second kappa shape index (κ2) is 5.82. The molecule has 1 atom stereocenters. The monoisotopic (exact) mass is 291 g/mol. The normalized spacial score (nSPS) is 24.9. The predicted octanol–water partition coefficient (Wildman–Crippen LogP) is 5.26. The Morgan fingerprint density at radius 1 is 1.25 bits per heavy atom. The number of hydrogen-bond acceptors (Lipinski definition) is 2. The first kappa shape index (κ1) is 14.0. The number of rotatable bonds is 3. The third-order valence-electron chi connectivity index (χ3n) is 4.80. The van der Waals surface area contributed by atoms with Crippen LogP contribution in [0.15, 0.2) is 24.3 Å². The first-order valence-electron chi connectivity index (χ1n) is 7.62. The fourth-order valence-electron chi connectivity index (χ4n) is 3.39. The van der Waals surface area contributed by atoms with E-state index in [-0.39, 0.29) is 11.9 Å². The van der Waals surface area contributed by atoms with Gasteiger partial charge >= 0.3 is 0 Å². The third kappa shape index (κ3) is 2.75. The maximum absolute atomic E-state index is 13.3. The summed E-state index contributed by atoms with van der Waals surface area (Å²) in [5, 5.41) is 0.989. The van der Waals surface area contributed by atoms with Gasteiger partial charge in [0.25, 0.3) is 0 Å². The van der Waals surface area contributed by atoms with Gasteiger partial charge in [-0.1, -0.05) is 26.2 Å². The number of fused-ring (bicyclic) bond motifs is 1. The molecule has 1 saturated carbocycles. The van der Waals surface area contributed by atoms with Crippen LogP contribution in [0.1, 0.15) is 49.9 Å². The molecule has 1 aliphatic carbocycles. The number of thiophene rings is 1. The minimum Gasteiger partial charge on any atom is -0.323 e. The first-order valence-corrected chi connectivity index (χ1v) is 8.43. The van der Waals surface area contributed by atoms with Gasteiger partial charge in [0.15, 0.2) is 0 Å². The van der Waals surface area contributed by atoms with Crippen molar-refractivity contribution in [2.24, 2.45) is 17.6 Å². The highest BCUT2D eigenvalue weighted by molar-refractivity contribution is 7.19. The Hall–Kier alpha value is -0.930. The Morgan fingerprint density at radius 3 is 2.70 bits per heavy atom. The van der Waals surface area contributed by atoms with Gasteiger partial charge in [0.2, 0.25) is 0 Å². The second-order valence-corrected chi connectivity index (χ2v) is 7.16. The molecule has 0 bridgehead atoms. The van der Waals surface area contributed by atoms with Crippen LogP contribution in [0, 0.1) is 17.7 Å². The van der Waals surface area contributed by atoms with Gasteiger partial charge in [-0.05, 0) is 54.3 Å². The highest BCUT2D eigenvalue weighted by Crippen LogP contribution is 2.40. The van der Waals surface area contributed by atoms with Crippen molar-refractivity contribution in [2.75, 3.05) is 0 Å². The molecule has 20 heavy (non-hydrogen) atoms. The standard InChI is InChI=1S/C17H22FNS/c1-2-11-3-5-12(6-4-11)17(19)16-10-13-9-14(18)7-8-15(13)20-16/h7-12,17H,2-6,19H2,1H3. The second-order valence-electron chi connectivity index (χ2n) is 6.05. The topological polar surface area (TPSA) is 26.0 Å². The molecular formula is C17H22FNS. The molecular weight excluding hydrogens is 269 g/mol. The molecule has 0 radical (unpaired) electrons. The van der Waals surface area contributed by atoms with E-state index in [0.717, 1.165) is 16.0 Å². The lowest BCUT2D eigenvalue weighted by molar-refractivity contribution is 0.241. The van der Waals surface area contributed by atoms with E-state index in [0.29, 0.717) is 5.92 Å². The molecule has 1 aliphatic rings. The maximum Gasteiger partial charge on any atom is 0.123 e. The number of hydrogen-bond donors (Lipinski definition) is 1. The van der Waals surface area contributed by atoms with E-state index in [1.54, 1.807) is 17.4 Å². The van der Waals surface area contributed by atoms with Crippen LogP contribution in [0.25, 0.3) is 10.1 Å². The van der Waals surface area contributed by atoms with E-state index in [2.05, 4.69) is 13.0 Å². The van der Waals surface area contributed by atoms with Gasteiger partial charge in [0.1, 0.15) is 5.82 Å². The average molecular weight is 291 g/mol. The summed E-state index contributed by atoms with van der Waals surface area (Å²) >= 11 is 1.72. The molecule has 1 heterocycles. The summed E-state index contributed by atoms with van der Waals surface area (Å²) in [6, 6.07) is 7.20. The van der Waals surface area contributed by atoms with Crippen LogP contribution in [0.3, 0.4) is 0 Å². The minimum absolute atomic E-state index is 0.119. The van der Waals surface area contributed by atoms with Crippen molar-refractivity contribution in [3.05, 3.63) is 35.0 Å². The molecule has 0 aliphatic heterocycles. The SMILES string of the molecule is CCC1CCC(C(N)c2cc3cc(F)ccc3s2)CC1. The van der Waals surface area contributed by atoms with Crippen molar-refractivity contribution in [1.82, 2.24) is 0 Å². The van der Waals surface area contributed by atoms with Gasteiger partial charge < -0.3 is 5.73 Å². The van der Waals surface area contributed by atoms with Crippen LogP contribution in [0.4, 0.5) is 4.39 Å². The summed E-state index contributed by atoms with van der Waals surface area (Å²) in [5.41, 5.74) is 6.48. The van der Waals surface area contributed by atoms with Crippen molar-refractivity contribution in [3.8, 4) is 0 Å². The molecule has 0 spiro atoms. The summed E-state index contributed by atoms with van der Waals surface area (Å²) in [6.45, 7) is 2.28. The molecule has 1 unspecified atom stereocenters. The molecule has 3 rings (SSSR count). The first-order chi connectivity index (χ1) is 9.67. The highest BCUT2D eigenvalue weighted by Gasteiger charge is 2.26. The fraction of sp³-hybridized carbons (Fsp3) is 0.529. The summed E-state index contributed by atoms with van der Waals surface area (Å²) in [4.78, 5) is 1.21. The maximum atomic E-state index is 13.3. The molecule has 3 heteroatoms. The van der Waals surface area contributed by atoms with Crippen molar-refractivity contribution in [3.63, 3.8) is 0 Å². The van der Waals surface area contributed by atoms with Gasteiger partial charge in [-0.3, -0.25) is 0 Å². The van der Waals surface area contributed by atoms with Crippen LogP contribution >= 0.6 is 11.3 Å². The summed E-state index contributed by atoms with van der Waals surface area (Å²) in [5.74, 6) is 1.32. The third-order valence-corrected chi connectivity index (χ3v) is 6.02. The zero-order chi connectivity index (χ0) is 14.1. The molecule has 0 amide bonds. The lowest BCUT2D eigenvalue weighted by atomic mass is 9.77. The zero-order valence-corrected chi connectivity index (χ0v) is 12.8. The quantitative estimate of drug-likeness (QED) is 0.820. The molecule has 1 nitrogen and oxygen atoms in total. The van der Waals surface area contributed by atoms with Crippen molar-refractivity contribution in [1.29, 1.82) is 0 Å². The Bertz CT molecular complexity index is 584. The lowest BCUT2D eigenvalue weighted by Crippen LogP contribution is -2.25. The van der Waals surface area contributed by atoms with E-state index >= 15 is 0 Å². The molecule has 1 aromatic carbocycles. The lowest BCUT2D eigenvalue weighted by Gasteiger charge is -2.31. The van der Waals surface area contributed by atoms with Gasteiger partial charge in [-0.25, -0.2) is 4.39 Å². The highest BCUT2D eigenvalue weighted by atomic mass is 32.1. The van der Waals surface area contributed by atoms with Crippen molar-refractivity contribution >= 4 is 21.4 Å². The van der Waals surface area contributed by atoms with Gasteiger partial charge in [0.05, 0.1) is 0 Å². The summed E-state index contributed by atoms with van der Waals surface area (Å²) in [6.07, 6.45) is 6.40. The predicted molar refractivity (Wildman–Crippen MR) is 84.5 cm³/mol. The molecule has 1 fully saturated rings. The van der Waals surface area contributed by atoms with Crippen LogP contribution in [0.2, 0.25) is 0 Å². The minimum atomic E-state index is -0.168. The van der Waals surface area contributed by atoms with Crippen molar-refractivity contribution in [2.45, 2.75) is 45.1 Å². The molecule has 2 N–H and O–H groups in total. The van der Waals surface area contributed by atoms with Crippen molar-refractivity contribution < 1.29 is 4.39 Å². The Labute approximate surface area is 124 Å². The number of halogens is 1. The number of benzene rings is 1. The average Bonchev–Trinajstić information content (AvgIpc) is 2.89. The van der Waals surface area contributed by atoms with Crippen LogP contribution in [-0.4, -0.2) is 0 Å². The largest absolute Gasteiger partial charge is 0.323 e.